The minimum absolute atomic E-state index is 0.0840. The third-order valence-corrected chi connectivity index (χ3v) is 4.79. The van der Waals surface area contributed by atoms with Crippen LogP contribution in [-0.2, 0) is 5.41 Å². The normalized spacial score (nSPS) is 11.9. The van der Waals surface area contributed by atoms with Crippen molar-refractivity contribution in [2.24, 2.45) is 5.92 Å². The molecule has 0 aliphatic carbocycles. The molecule has 20 heavy (non-hydrogen) atoms. The second-order valence-corrected chi connectivity index (χ2v) is 7.31. The highest BCUT2D eigenvalue weighted by atomic mass is 32.1. The Bertz CT molecular complexity index is 430. The quantitative estimate of drug-likeness (QED) is 0.694. The van der Waals surface area contributed by atoms with Gasteiger partial charge in [0, 0.05) is 18.5 Å². The topological polar surface area (TPSA) is 33.2 Å². The summed E-state index contributed by atoms with van der Waals surface area (Å²) in [7, 11) is 0. The molecule has 0 amide bonds. The SMILES string of the molecule is CCC(CC)CN(CC)c1nc(C(C)(C)C)c(C=O)s1. The number of carbonyl (C=O) groups is 1. The number of carbonyl (C=O) groups excluding carboxylic acids is 1. The van der Waals surface area contributed by atoms with E-state index in [1.165, 1.54) is 24.2 Å². The highest BCUT2D eigenvalue weighted by molar-refractivity contribution is 7.17. The number of thiazole rings is 1. The third-order valence-electron chi connectivity index (χ3n) is 3.75. The molecule has 3 nitrogen and oxygen atoms in total. The lowest BCUT2D eigenvalue weighted by Crippen LogP contribution is -2.29. The molecule has 0 fully saturated rings. The van der Waals surface area contributed by atoms with Crippen LogP contribution in [0.4, 0.5) is 5.13 Å². The zero-order valence-corrected chi connectivity index (χ0v) is 14.5. The van der Waals surface area contributed by atoms with Crippen LogP contribution in [0.1, 0.15) is 69.7 Å². The Morgan fingerprint density at radius 1 is 1.25 bits per heavy atom. The monoisotopic (exact) mass is 296 g/mol. The van der Waals surface area contributed by atoms with E-state index in [2.05, 4.69) is 46.4 Å². The molecular formula is C16H28N2OS. The Kier molecular flexibility index (Phi) is 6.18. The number of aldehydes is 1. The molecule has 0 radical (unpaired) electrons. The molecule has 0 aliphatic heterocycles. The fourth-order valence-corrected chi connectivity index (χ4v) is 3.44. The van der Waals surface area contributed by atoms with Crippen LogP contribution in [0.2, 0.25) is 0 Å². The standard InChI is InChI=1S/C16H28N2OS/c1-7-12(8-2)10-18(9-3)15-17-14(16(4,5)6)13(11-19)20-15/h11-12H,7-10H2,1-6H3. The molecule has 1 rings (SSSR count). The van der Waals surface area contributed by atoms with E-state index < -0.39 is 0 Å². The summed E-state index contributed by atoms with van der Waals surface area (Å²) in [6, 6.07) is 0. The number of rotatable bonds is 7. The fourth-order valence-electron chi connectivity index (χ4n) is 2.27. The van der Waals surface area contributed by atoms with E-state index in [4.69, 9.17) is 4.98 Å². The second kappa shape index (κ2) is 7.21. The van der Waals surface area contributed by atoms with Crippen LogP contribution in [0.15, 0.2) is 0 Å². The molecular weight excluding hydrogens is 268 g/mol. The summed E-state index contributed by atoms with van der Waals surface area (Å²) in [5.74, 6) is 0.691. The number of hydrogen-bond donors (Lipinski definition) is 0. The van der Waals surface area contributed by atoms with Gasteiger partial charge in [0.1, 0.15) is 0 Å². The van der Waals surface area contributed by atoms with Crippen molar-refractivity contribution >= 4 is 22.8 Å². The van der Waals surface area contributed by atoms with Gasteiger partial charge in [-0.15, -0.1) is 0 Å². The zero-order valence-electron chi connectivity index (χ0n) is 13.7. The minimum atomic E-state index is -0.0840. The average Bonchev–Trinajstić information content (AvgIpc) is 2.84. The number of hydrogen-bond acceptors (Lipinski definition) is 4. The lowest BCUT2D eigenvalue weighted by Gasteiger charge is -2.25. The maximum atomic E-state index is 11.3. The van der Waals surface area contributed by atoms with Gasteiger partial charge in [0.05, 0.1) is 10.6 Å². The summed E-state index contributed by atoms with van der Waals surface area (Å²) in [5, 5.41) is 0.992. The van der Waals surface area contributed by atoms with Crippen LogP contribution in [0.25, 0.3) is 0 Å². The molecule has 0 saturated carbocycles. The lowest BCUT2D eigenvalue weighted by atomic mass is 9.91. The van der Waals surface area contributed by atoms with Crippen molar-refractivity contribution in [3.05, 3.63) is 10.6 Å². The minimum Gasteiger partial charge on any atom is -0.348 e. The molecule has 1 aromatic heterocycles. The maximum absolute atomic E-state index is 11.3. The predicted molar refractivity (Wildman–Crippen MR) is 88.2 cm³/mol. The Balaban J connectivity index is 3.05. The summed E-state index contributed by atoms with van der Waals surface area (Å²) in [4.78, 5) is 19.1. The van der Waals surface area contributed by atoms with Crippen molar-refractivity contribution < 1.29 is 4.79 Å². The first kappa shape index (κ1) is 17.2. The molecule has 0 saturated heterocycles. The van der Waals surface area contributed by atoms with E-state index in [0.717, 1.165) is 35.1 Å². The van der Waals surface area contributed by atoms with Crippen molar-refractivity contribution in [1.29, 1.82) is 0 Å². The largest absolute Gasteiger partial charge is 0.348 e. The van der Waals surface area contributed by atoms with Crippen LogP contribution >= 0.6 is 11.3 Å². The van der Waals surface area contributed by atoms with Gasteiger partial charge in [0.25, 0.3) is 0 Å². The molecule has 0 aromatic carbocycles. The van der Waals surface area contributed by atoms with Crippen LogP contribution < -0.4 is 4.90 Å². The van der Waals surface area contributed by atoms with Gasteiger partial charge in [-0.3, -0.25) is 4.79 Å². The summed E-state index contributed by atoms with van der Waals surface area (Å²) >= 11 is 1.53. The van der Waals surface area contributed by atoms with E-state index in [1.807, 2.05) is 0 Å². The second-order valence-electron chi connectivity index (χ2n) is 6.30. The maximum Gasteiger partial charge on any atom is 0.186 e. The Labute approximate surface area is 127 Å². The molecule has 0 aliphatic rings. The third kappa shape index (κ3) is 4.05. The van der Waals surface area contributed by atoms with Gasteiger partial charge in [-0.1, -0.05) is 58.8 Å². The van der Waals surface area contributed by atoms with Crippen LogP contribution in [0, 0.1) is 5.92 Å². The van der Waals surface area contributed by atoms with E-state index in [1.54, 1.807) is 0 Å². The van der Waals surface area contributed by atoms with E-state index in [0.29, 0.717) is 5.92 Å². The molecule has 0 spiro atoms. The smallest absolute Gasteiger partial charge is 0.186 e. The molecule has 1 heterocycles. The number of aromatic nitrogens is 1. The van der Waals surface area contributed by atoms with Crippen molar-refractivity contribution in [3.8, 4) is 0 Å². The van der Waals surface area contributed by atoms with Gasteiger partial charge < -0.3 is 4.90 Å². The van der Waals surface area contributed by atoms with Crippen molar-refractivity contribution in [2.75, 3.05) is 18.0 Å². The van der Waals surface area contributed by atoms with Crippen LogP contribution in [0.5, 0.6) is 0 Å². The first-order chi connectivity index (χ1) is 9.37. The molecule has 114 valence electrons. The molecule has 0 unspecified atom stereocenters. The highest BCUT2D eigenvalue weighted by Gasteiger charge is 2.25. The van der Waals surface area contributed by atoms with E-state index >= 15 is 0 Å². The summed E-state index contributed by atoms with van der Waals surface area (Å²) in [5.41, 5.74) is 0.842. The van der Waals surface area contributed by atoms with Gasteiger partial charge in [0.2, 0.25) is 0 Å². The fraction of sp³-hybridized carbons (Fsp3) is 0.750. The molecule has 0 bridgehead atoms. The Hall–Kier alpha value is -0.900. The first-order valence-electron chi connectivity index (χ1n) is 7.58. The van der Waals surface area contributed by atoms with Gasteiger partial charge in [-0.2, -0.15) is 0 Å². The Morgan fingerprint density at radius 2 is 1.85 bits per heavy atom. The number of nitrogens with zero attached hydrogens (tertiary/aromatic N) is 2. The first-order valence-corrected chi connectivity index (χ1v) is 8.40. The van der Waals surface area contributed by atoms with Gasteiger partial charge in [-0.05, 0) is 12.8 Å². The summed E-state index contributed by atoms with van der Waals surface area (Å²) in [6.45, 7) is 14.9. The van der Waals surface area contributed by atoms with Gasteiger partial charge in [-0.25, -0.2) is 4.98 Å². The predicted octanol–water partition coefficient (Wildman–Crippen LogP) is 4.52. The lowest BCUT2D eigenvalue weighted by molar-refractivity contribution is 0.112. The van der Waals surface area contributed by atoms with Crippen LogP contribution in [0.3, 0.4) is 0 Å². The van der Waals surface area contributed by atoms with E-state index in [-0.39, 0.29) is 5.41 Å². The Morgan fingerprint density at radius 3 is 2.20 bits per heavy atom. The molecule has 1 aromatic rings. The van der Waals surface area contributed by atoms with E-state index in [9.17, 15) is 4.79 Å². The van der Waals surface area contributed by atoms with Gasteiger partial charge >= 0.3 is 0 Å². The highest BCUT2D eigenvalue weighted by Crippen LogP contribution is 2.33. The average molecular weight is 296 g/mol. The van der Waals surface area contributed by atoms with Crippen molar-refractivity contribution in [3.63, 3.8) is 0 Å². The molecule has 4 heteroatoms. The van der Waals surface area contributed by atoms with Crippen LogP contribution in [-0.4, -0.2) is 24.4 Å². The molecule has 0 N–H and O–H groups in total. The molecule has 0 atom stereocenters. The summed E-state index contributed by atoms with van der Waals surface area (Å²) in [6.07, 6.45) is 3.32. The van der Waals surface area contributed by atoms with Crippen molar-refractivity contribution in [1.82, 2.24) is 4.98 Å². The zero-order chi connectivity index (χ0) is 15.3. The summed E-state index contributed by atoms with van der Waals surface area (Å²) < 4.78 is 0. The van der Waals surface area contributed by atoms with Crippen molar-refractivity contribution in [2.45, 2.75) is 59.8 Å². The number of anilines is 1. The van der Waals surface area contributed by atoms with Gasteiger partial charge in [0.15, 0.2) is 11.4 Å².